The van der Waals surface area contributed by atoms with Gasteiger partial charge < -0.3 is 20.4 Å². The highest BCUT2D eigenvalue weighted by molar-refractivity contribution is 7.51. The first kappa shape index (κ1) is 16.2. The van der Waals surface area contributed by atoms with Gasteiger partial charge in [-0.1, -0.05) is 0 Å². The summed E-state index contributed by atoms with van der Waals surface area (Å²) in [5.74, 6) is 0. The molecule has 0 saturated heterocycles. The van der Waals surface area contributed by atoms with Crippen LogP contribution in [-0.4, -0.2) is 41.2 Å². The molecule has 0 aliphatic rings. The molecule has 0 unspecified atom stereocenters. The van der Waals surface area contributed by atoms with Crippen LogP contribution in [0.25, 0.3) is 0 Å². The number of carbonyl (C=O) groups is 2. The van der Waals surface area contributed by atoms with Crippen LogP contribution in [0.4, 0.5) is 9.59 Å². The van der Waals surface area contributed by atoms with E-state index in [0.29, 0.717) is 0 Å². The van der Waals surface area contributed by atoms with E-state index in [1.807, 2.05) is 0 Å². The Labute approximate surface area is 63.3 Å². The Balaban J connectivity index is -0.0000000886. The predicted octanol–water partition coefficient (Wildman–Crippen LogP) is -0.225. The summed E-state index contributed by atoms with van der Waals surface area (Å²) in [6.07, 6.45) is -3.67. The summed E-state index contributed by atoms with van der Waals surface area (Å²) < 4.78 is 16.6. The van der Waals surface area contributed by atoms with Gasteiger partial charge in [-0.25, -0.2) is 9.59 Å². The number of hydrogen-bond acceptors (Lipinski definition) is 4. The zero-order chi connectivity index (χ0) is 9.86. The number of carboxylic acid groups (broad SMARTS) is 4. The summed E-state index contributed by atoms with van der Waals surface area (Å²) in [6.45, 7) is 0. The molecule has 66 valence electrons. The first-order chi connectivity index (χ1) is 4.88. The minimum absolute atomic E-state index is 0.750. The summed E-state index contributed by atoms with van der Waals surface area (Å²) in [5.41, 5.74) is 0. The molecule has 0 saturated carbocycles. The maximum absolute atomic E-state index is 8.56. The maximum Gasteiger partial charge on any atom is 0.503 e. The molecular formula is C2H4O8S. The van der Waals surface area contributed by atoms with E-state index >= 15 is 0 Å². The van der Waals surface area contributed by atoms with Crippen LogP contribution >= 0.6 is 0 Å². The third kappa shape index (κ3) is 126. The van der Waals surface area contributed by atoms with Gasteiger partial charge in [0.2, 0.25) is 0 Å². The van der Waals surface area contributed by atoms with Crippen LogP contribution in [0.5, 0.6) is 0 Å². The van der Waals surface area contributed by atoms with E-state index in [2.05, 4.69) is 0 Å². The first-order valence-corrected chi connectivity index (χ1v) is 2.30. The number of hydrogen-bond donors (Lipinski definition) is 4. The molecule has 11 heavy (non-hydrogen) atoms. The van der Waals surface area contributed by atoms with Crippen molar-refractivity contribution >= 4 is 23.9 Å². The standard InChI is InChI=1S/2CH2O3.O2S/c2*2-1(3)4;1-3-2/h2*(H2,2,3,4);. The van der Waals surface area contributed by atoms with Crippen LogP contribution in [0, 0.1) is 0 Å². The van der Waals surface area contributed by atoms with E-state index in [9.17, 15) is 0 Å². The van der Waals surface area contributed by atoms with Crippen molar-refractivity contribution < 1.29 is 38.4 Å². The van der Waals surface area contributed by atoms with E-state index in [1.54, 1.807) is 0 Å². The lowest BCUT2D eigenvalue weighted by molar-refractivity contribution is 0.135. The van der Waals surface area contributed by atoms with Gasteiger partial charge in [0.1, 0.15) is 0 Å². The zero-order valence-corrected chi connectivity index (χ0v) is 5.65. The normalized spacial score (nSPS) is 5.45. The lowest BCUT2D eigenvalue weighted by Crippen LogP contribution is -1.81. The van der Waals surface area contributed by atoms with Gasteiger partial charge >= 0.3 is 23.9 Å². The SMILES string of the molecule is O=C(O)O.O=C(O)O.O=S=O. The van der Waals surface area contributed by atoms with Crippen molar-refractivity contribution in [3.63, 3.8) is 0 Å². The highest BCUT2D eigenvalue weighted by atomic mass is 32.1. The summed E-state index contributed by atoms with van der Waals surface area (Å²) in [7, 11) is 0. The molecule has 0 aliphatic carbocycles. The van der Waals surface area contributed by atoms with E-state index in [1.165, 1.54) is 0 Å². The third-order valence-electron chi connectivity index (χ3n) is 0. The first-order valence-electron chi connectivity index (χ1n) is 1.64. The molecule has 0 rings (SSSR count). The van der Waals surface area contributed by atoms with Crippen LogP contribution in [0.2, 0.25) is 0 Å². The molecule has 0 aromatic carbocycles. The average molecular weight is 188 g/mol. The van der Waals surface area contributed by atoms with Crippen LogP contribution in [-0.2, 0) is 11.6 Å². The molecule has 4 N–H and O–H groups in total. The molecule has 0 atom stereocenters. The molecule has 0 radical (unpaired) electrons. The molecule has 9 heteroatoms. The van der Waals surface area contributed by atoms with E-state index in [4.69, 9.17) is 38.4 Å². The van der Waals surface area contributed by atoms with Gasteiger partial charge in [0.05, 0.1) is 0 Å². The van der Waals surface area contributed by atoms with Crippen molar-refractivity contribution in [1.29, 1.82) is 0 Å². The van der Waals surface area contributed by atoms with Gasteiger partial charge in [0.25, 0.3) is 0 Å². The van der Waals surface area contributed by atoms with E-state index in [-0.39, 0.29) is 0 Å². The van der Waals surface area contributed by atoms with Gasteiger partial charge in [-0.15, -0.1) is 0 Å². The Hall–Kier alpha value is -1.64. The second-order valence-electron chi connectivity index (χ2n) is 0.633. The highest BCUT2D eigenvalue weighted by Crippen LogP contribution is 1.43. The van der Waals surface area contributed by atoms with Crippen molar-refractivity contribution in [3.8, 4) is 0 Å². The summed E-state index contributed by atoms with van der Waals surface area (Å²) in [4.78, 5) is 17.1. The zero-order valence-electron chi connectivity index (χ0n) is 4.83. The fourth-order valence-electron chi connectivity index (χ4n) is 0. The van der Waals surface area contributed by atoms with E-state index < -0.39 is 23.9 Å². The van der Waals surface area contributed by atoms with Gasteiger partial charge in [-0.2, -0.15) is 8.42 Å². The lowest BCUT2D eigenvalue weighted by Gasteiger charge is -1.60. The molecular weight excluding hydrogens is 184 g/mol. The molecule has 8 nitrogen and oxygen atoms in total. The topological polar surface area (TPSA) is 149 Å². The Morgan fingerprint density at radius 2 is 0.818 bits per heavy atom. The fourth-order valence-corrected chi connectivity index (χ4v) is 0. The van der Waals surface area contributed by atoms with Crippen LogP contribution < -0.4 is 0 Å². The monoisotopic (exact) mass is 188 g/mol. The van der Waals surface area contributed by atoms with Gasteiger partial charge in [-0.3, -0.25) is 0 Å². The molecule has 0 amide bonds. The van der Waals surface area contributed by atoms with Gasteiger partial charge in [0, 0.05) is 0 Å². The fraction of sp³-hybridized carbons (Fsp3) is 0. The predicted molar refractivity (Wildman–Crippen MR) is 30.2 cm³/mol. The minimum atomic E-state index is -1.83. The highest BCUT2D eigenvalue weighted by Gasteiger charge is 1.70. The van der Waals surface area contributed by atoms with Crippen molar-refractivity contribution in [3.05, 3.63) is 0 Å². The Kier molecular flexibility index (Phi) is 23.2. The average Bonchev–Trinajstić information content (AvgIpc) is 1.60. The van der Waals surface area contributed by atoms with Gasteiger partial charge in [0.15, 0.2) is 0 Å². The van der Waals surface area contributed by atoms with Crippen LogP contribution in [0.3, 0.4) is 0 Å². The summed E-state index contributed by atoms with van der Waals surface area (Å²) >= 11 is -0.750. The van der Waals surface area contributed by atoms with Crippen molar-refractivity contribution in [1.82, 2.24) is 0 Å². The molecule has 0 aliphatic heterocycles. The number of rotatable bonds is 0. The second-order valence-corrected chi connectivity index (χ2v) is 0.769. The Morgan fingerprint density at radius 3 is 0.818 bits per heavy atom. The molecule has 0 fully saturated rings. The van der Waals surface area contributed by atoms with E-state index in [0.717, 1.165) is 0 Å². The quantitative estimate of drug-likeness (QED) is 0.407. The second kappa shape index (κ2) is 15.8. The van der Waals surface area contributed by atoms with Crippen molar-refractivity contribution in [2.45, 2.75) is 0 Å². The van der Waals surface area contributed by atoms with Crippen molar-refractivity contribution in [2.75, 3.05) is 0 Å². The largest absolute Gasteiger partial charge is 0.503 e. The molecule has 0 aromatic rings. The third-order valence-corrected chi connectivity index (χ3v) is 0. The minimum Gasteiger partial charge on any atom is -0.450 e. The van der Waals surface area contributed by atoms with Crippen molar-refractivity contribution in [2.24, 2.45) is 0 Å². The van der Waals surface area contributed by atoms with Crippen LogP contribution in [0.15, 0.2) is 0 Å². The molecule has 0 bridgehead atoms. The summed E-state index contributed by atoms with van der Waals surface area (Å²) in [6, 6.07) is 0. The van der Waals surface area contributed by atoms with Crippen LogP contribution in [0.1, 0.15) is 0 Å². The smallest absolute Gasteiger partial charge is 0.450 e. The van der Waals surface area contributed by atoms with Gasteiger partial charge in [-0.05, 0) is 0 Å². The molecule has 0 heterocycles. The molecule has 0 spiro atoms. The lowest BCUT2D eigenvalue weighted by atomic mass is 11.5. The Bertz CT molecular complexity index is 124. The molecule has 0 aromatic heterocycles. The maximum atomic E-state index is 8.56. The summed E-state index contributed by atoms with van der Waals surface area (Å²) in [5, 5.41) is 27.9. The Morgan fingerprint density at radius 1 is 0.818 bits per heavy atom.